The molecule has 2 rings (SSSR count). The summed E-state index contributed by atoms with van der Waals surface area (Å²) in [5.41, 5.74) is 4.49. The fourth-order valence-corrected chi connectivity index (χ4v) is 3.81. The number of hydrogen-bond acceptors (Lipinski definition) is 3. The Balaban J connectivity index is 2.25. The van der Waals surface area contributed by atoms with Gasteiger partial charge in [-0.2, -0.15) is 13.2 Å². The molecule has 0 aromatic heterocycles. The maximum absolute atomic E-state index is 13.7. The van der Waals surface area contributed by atoms with Gasteiger partial charge in [0.05, 0.1) is 5.56 Å². The van der Waals surface area contributed by atoms with Crippen LogP contribution >= 0.6 is 0 Å². The SMILES string of the molecule is NC1CCC(NS(=O)(=O)c2cc(C(F)(F)F)ccc2F)CC1. The molecule has 124 valence electrons. The van der Waals surface area contributed by atoms with Gasteiger partial charge >= 0.3 is 6.18 Å². The van der Waals surface area contributed by atoms with E-state index in [0.29, 0.717) is 43.9 Å². The van der Waals surface area contributed by atoms with Gasteiger partial charge in [-0.15, -0.1) is 0 Å². The fourth-order valence-electron chi connectivity index (χ4n) is 2.41. The van der Waals surface area contributed by atoms with E-state index in [0.717, 1.165) is 0 Å². The van der Waals surface area contributed by atoms with Crippen molar-refractivity contribution in [2.45, 2.75) is 48.8 Å². The number of hydrogen-bond donors (Lipinski definition) is 2. The number of rotatable bonds is 3. The predicted octanol–water partition coefficient (Wildman–Crippen LogP) is 2.39. The highest BCUT2D eigenvalue weighted by atomic mass is 32.2. The van der Waals surface area contributed by atoms with Crippen LogP contribution in [-0.4, -0.2) is 20.5 Å². The maximum Gasteiger partial charge on any atom is 0.416 e. The topological polar surface area (TPSA) is 72.2 Å². The van der Waals surface area contributed by atoms with E-state index in [1.165, 1.54) is 0 Å². The Bertz CT molecular complexity index is 638. The Morgan fingerprint density at radius 1 is 1.14 bits per heavy atom. The van der Waals surface area contributed by atoms with Crippen molar-refractivity contribution in [1.82, 2.24) is 4.72 Å². The summed E-state index contributed by atoms with van der Waals surface area (Å²) in [7, 11) is -4.36. The predicted molar refractivity (Wildman–Crippen MR) is 72.0 cm³/mol. The molecule has 0 unspecified atom stereocenters. The molecule has 0 heterocycles. The van der Waals surface area contributed by atoms with Gasteiger partial charge in [-0.25, -0.2) is 17.5 Å². The smallest absolute Gasteiger partial charge is 0.328 e. The molecule has 1 fully saturated rings. The Morgan fingerprint density at radius 3 is 2.27 bits per heavy atom. The first kappa shape index (κ1) is 17.2. The van der Waals surface area contributed by atoms with Crippen molar-refractivity contribution < 1.29 is 26.0 Å². The largest absolute Gasteiger partial charge is 0.416 e. The van der Waals surface area contributed by atoms with Crippen LogP contribution < -0.4 is 10.5 Å². The number of nitrogens with one attached hydrogen (secondary N) is 1. The second-order valence-electron chi connectivity index (χ2n) is 5.38. The van der Waals surface area contributed by atoms with E-state index in [2.05, 4.69) is 4.72 Å². The second-order valence-corrected chi connectivity index (χ2v) is 7.06. The van der Waals surface area contributed by atoms with Gasteiger partial charge < -0.3 is 5.73 Å². The Labute approximate surface area is 125 Å². The zero-order valence-electron chi connectivity index (χ0n) is 11.5. The van der Waals surface area contributed by atoms with E-state index < -0.39 is 38.5 Å². The van der Waals surface area contributed by atoms with Crippen molar-refractivity contribution >= 4 is 10.0 Å². The van der Waals surface area contributed by atoms with E-state index in [-0.39, 0.29) is 6.04 Å². The van der Waals surface area contributed by atoms with Gasteiger partial charge in [0.1, 0.15) is 10.7 Å². The first-order valence-corrected chi connectivity index (χ1v) is 8.22. The Morgan fingerprint density at radius 2 is 1.73 bits per heavy atom. The highest BCUT2D eigenvalue weighted by Crippen LogP contribution is 2.31. The summed E-state index contributed by atoms with van der Waals surface area (Å²) in [6.45, 7) is 0. The van der Waals surface area contributed by atoms with E-state index in [1.807, 2.05) is 0 Å². The van der Waals surface area contributed by atoms with Crippen molar-refractivity contribution in [2.75, 3.05) is 0 Å². The maximum atomic E-state index is 13.7. The van der Waals surface area contributed by atoms with Crippen molar-refractivity contribution in [2.24, 2.45) is 5.73 Å². The quantitative estimate of drug-likeness (QED) is 0.830. The average Bonchev–Trinajstić information content (AvgIpc) is 2.40. The molecule has 0 aliphatic heterocycles. The van der Waals surface area contributed by atoms with Crippen LogP contribution in [0.25, 0.3) is 0 Å². The summed E-state index contributed by atoms with van der Waals surface area (Å²) in [4.78, 5) is -0.989. The van der Waals surface area contributed by atoms with Gasteiger partial charge in [-0.1, -0.05) is 0 Å². The van der Waals surface area contributed by atoms with Crippen LogP contribution in [0.4, 0.5) is 17.6 Å². The van der Waals surface area contributed by atoms with Crippen molar-refractivity contribution in [1.29, 1.82) is 0 Å². The molecule has 1 aliphatic rings. The van der Waals surface area contributed by atoms with Crippen LogP contribution in [0.5, 0.6) is 0 Å². The highest BCUT2D eigenvalue weighted by Gasteiger charge is 2.34. The number of benzene rings is 1. The zero-order chi connectivity index (χ0) is 16.5. The molecule has 22 heavy (non-hydrogen) atoms. The minimum Gasteiger partial charge on any atom is -0.328 e. The average molecular weight is 340 g/mol. The highest BCUT2D eigenvalue weighted by molar-refractivity contribution is 7.89. The summed E-state index contributed by atoms with van der Waals surface area (Å²) in [6, 6.07) is 0.874. The first-order chi connectivity index (χ1) is 10.1. The lowest BCUT2D eigenvalue weighted by Gasteiger charge is -2.26. The molecule has 3 N–H and O–H groups in total. The molecule has 4 nitrogen and oxygen atoms in total. The Hall–Kier alpha value is -1.19. The van der Waals surface area contributed by atoms with Gasteiger partial charge in [0.25, 0.3) is 0 Å². The molecule has 1 aliphatic carbocycles. The molecule has 0 bridgehead atoms. The second kappa shape index (κ2) is 6.13. The molecule has 9 heteroatoms. The summed E-state index contributed by atoms with van der Waals surface area (Å²) in [5, 5.41) is 0. The van der Waals surface area contributed by atoms with Crippen LogP contribution in [0, 0.1) is 5.82 Å². The van der Waals surface area contributed by atoms with E-state index in [4.69, 9.17) is 5.73 Å². The third kappa shape index (κ3) is 3.96. The summed E-state index contributed by atoms with van der Waals surface area (Å²) in [6.07, 6.45) is -2.58. The molecule has 0 spiro atoms. The summed E-state index contributed by atoms with van der Waals surface area (Å²) >= 11 is 0. The molecular formula is C13H16F4N2O2S. The molecule has 1 aromatic rings. The van der Waals surface area contributed by atoms with E-state index in [1.54, 1.807) is 0 Å². The minimum atomic E-state index is -4.74. The zero-order valence-corrected chi connectivity index (χ0v) is 12.3. The Kier molecular flexibility index (Phi) is 4.78. The van der Waals surface area contributed by atoms with Crippen LogP contribution in [0.2, 0.25) is 0 Å². The first-order valence-electron chi connectivity index (χ1n) is 6.74. The summed E-state index contributed by atoms with van der Waals surface area (Å²) < 4.78 is 78.1. The van der Waals surface area contributed by atoms with Gasteiger partial charge in [0.15, 0.2) is 0 Å². The molecule has 0 saturated heterocycles. The van der Waals surface area contributed by atoms with E-state index >= 15 is 0 Å². The van der Waals surface area contributed by atoms with Crippen molar-refractivity contribution in [3.05, 3.63) is 29.6 Å². The molecule has 0 amide bonds. The van der Waals surface area contributed by atoms with Crippen LogP contribution in [-0.2, 0) is 16.2 Å². The number of nitrogens with two attached hydrogens (primary N) is 1. The van der Waals surface area contributed by atoms with Crippen molar-refractivity contribution in [3.8, 4) is 0 Å². The third-order valence-corrected chi connectivity index (χ3v) is 5.18. The van der Waals surface area contributed by atoms with Gasteiger partial charge in [0, 0.05) is 12.1 Å². The third-order valence-electron chi connectivity index (χ3n) is 3.64. The summed E-state index contributed by atoms with van der Waals surface area (Å²) in [5.74, 6) is -1.21. The number of halogens is 4. The van der Waals surface area contributed by atoms with Gasteiger partial charge in [-0.3, -0.25) is 0 Å². The molecule has 1 aromatic carbocycles. The molecule has 1 saturated carbocycles. The lowest BCUT2D eigenvalue weighted by Crippen LogP contribution is -2.40. The van der Waals surface area contributed by atoms with Crippen LogP contribution in [0.15, 0.2) is 23.1 Å². The monoisotopic (exact) mass is 340 g/mol. The molecule has 0 radical (unpaired) electrons. The normalized spacial score (nSPS) is 23.5. The van der Waals surface area contributed by atoms with Gasteiger partial charge in [-0.05, 0) is 43.9 Å². The van der Waals surface area contributed by atoms with Crippen molar-refractivity contribution in [3.63, 3.8) is 0 Å². The van der Waals surface area contributed by atoms with Crippen LogP contribution in [0.1, 0.15) is 31.2 Å². The lowest BCUT2D eigenvalue weighted by atomic mass is 9.93. The lowest BCUT2D eigenvalue weighted by molar-refractivity contribution is -0.137. The van der Waals surface area contributed by atoms with Gasteiger partial charge in [0.2, 0.25) is 10.0 Å². The molecule has 0 atom stereocenters. The van der Waals surface area contributed by atoms with Crippen LogP contribution in [0.3, 0.4) is 0 Å². The fraction of sp³-hybridized carbons (Fsp3) is 0.538. The minimum absolute atomic E-state index is 0.00829. The number of alkyl halides is 3. The standard InChI is InChI=1S/C13H16F4N2O2S/c14-11-6-1-8(13(15,16)17)7-12(11)22(20,21)19-10-4-2-9(18)3-5-10/h1,6-7,9-10,19H,2-5,18H2. The molecular weight excluding hydrogens is 324 g/mol. The number of sulfonamides is 1. The van der Waals surface area contributed by atoms with E-state index in [9.17, 15) is 26.0 Å².